The number of amides is 2. The molecular weight excluding hydrogens is 292 g/mol. The minimum Gasteiger partial charge on any atom is -0.484 e. The van der Waals surface area contributed by atoms with E-state index in [1.54, 1.807) is 19.2 Å². The van der Waals surface area contributed by atoms with Crippen LogP contribution in [0, 0.1) is 6.92 Å². The number of nitrogens with one attached hydrogen (secondary N) is 2. The lowest BCUT2D eigenvalue weighted by Crippen LogP contribution is -2.28. The highest BCUT2D eigenvalue weighted by Gasteiger charge is 2.05. The first kappa shape index (κ1) is 16.5. The first-order valence-corrected chi connectivity index (χ1v) is 7.35. The Morgan fingerprint density at radius 3 is 2.26 bits per heavy atom. The van der Waals surface area contributed by atoms with Gasteiger partial charge in [-0.3, -0.25) is 9.59 Å². The molecule has 0 aliphatic carbocycles. The van der Waals surface area contributed by atoms with E-state index in [0.29, 0.717) is 17.9 Å². The molecule has 0 saturated heterocycles. The minimum atomic E-state index is -0.194. The molecule has 0 spiro atoms. The van der Waals surface area contributed by atoms with Gasteiger partial charge >= 0.3 is 0 Å². The molecule has 2 N–H and O–H groups in total. The van der Waals surface area contributed by atoms with Gasteiger partial charge in [0.1, 0.15) is 5.75 Å². The normalized spacial score (nSPS) is 10.0. The van der Waals surface area contributed by atoms with E-state index in [1.807, 2.05) is 43.3 Å². The Kier molecular flexibility index (Phi) is 5.74. The molecule has 0 saturated carbocycles. The highest BCUT2D eigenvalue weighted by Crippen LogP contribution is 2.11. The second kappa shape index (κ2) is 7.98. The van der Waals surface area contributed by atoms with Crippen molar-refractivity contribution >= 4 is 11.8 Å². The third-order valence-corrected chi connectivity index (χ3v) is 3.32. The Balaban J connectivity index is 1.77. The Bertz CT molecular complexity index is 664. The predicted octanol–water partition coefficient (Wildman–Crippen LogP) is 2.05. The molecule has 0 heterocycles. The number of carbonyl (C=O) groups excluding carboxylic acids is 2. The molecule has 23 heavy (non-hydrogen) atoms. The van der Waals surface area contributed by atoms with Crippen molar-refractivity contribution in [3.8, 4) is 5.75 Å². The topological polar surface area (TPSA) is 67.4 Å². The number of rotatable bonds is 6. The summed E-state index contributed by atoms with van der Waals surface area (Å²) in [5, 5.41) is 5.34. The Labute approximate surface area is 135 Å². The number of hydrogen-bond donors (Lipinski definition) is 2. The van der Waals surface area contributed by atoms with Crippen LogP contribution in [0.1, 0.15) is 21.5 Å². The Morgan fingerprint density at radius 1 is 1.00 bits per heavy atom. The summed E-state index contributed by atoms with van der Waals surface area (Å²) in [6.45, 7) is 2.36. The van der Waals surface area contributed by atoms with Gasteiger partial charge in [-0.25, -0.2) is 0 Å². The molecule has 2 amide bonds. The number of carbonyl (C=O) groups is 2. The summed E-state index contributed by atoms with van der Waals surface area (Å²) in [4.78, 5) is 23.2. The van der Waals surface area contributed by atoms with Gasteiger partial charge in [-0.15, -0.1) is 0 Å². The molecule has 5 nitrogen and oxygen atoms in total. The van der Waals surface area contributed by atoms with Gasteiger partial charge in [0.25, 0.3) is 11.8 Å². The molecule has 120 valence electrons. The lowest BCUT2D eigenvalue weighted by molar-refractivity contribution is -0.123. The maximum Gasteiger partial charge on any atom is 0.258 e. The molecule has 2 aromatic carbocycles. The number of hydrogen-bond acceptors (Lipinski definition) is 3. The van der Waals surface area contributed by atoms with Gasteiger partial charge in [-0.05, 0) is 36.8 Å². The first-order chi connectivity index (χ1) is 11.1. The molecule has 0 atom stereocenters. The molecule has 0 fully saturated rings. The zero-order valence-corrected chi connectivity index (χ0v) is 13.3. The monoisotopic (exact) mass is 312 g/mol. The van der Waals surface area contributed by atoms with Crippen molar-refractivity contribution in [3.05, 3.63) is 65.2 Å². The third-order valence-electron chi connectivity index (χ3n) is 3.32. The maximum absolute atomic E-state index is 11.8. The molecule has 5 heteroatoms. The fourth-order valence-electron chi connectivity index (χ4n) is 1.95. The van der Waals surface area contributed by atoms with Crippen molar-refractivity contribution in [2.24, 2.45) is 0 Å². The van der Waals surface area contributed by atoms with Crippen LogP contribution in [0.15, 0.2) is 48.5 Å². The fourth-order valence-corrected chi connectivity index (χ4v) is 1.95. The van der Waals surface area contributed by atoms with Gasteiger partial charge in [-0.1, -0.05) is 29.8 Å². The van der Waals surface area contributed by atoms with E-state index in [4.69, 9.17) is 4.74 Å². The smallest absolute Gasteiger partial charge is 0.258 e. The van der Waals surface area contributed by atoms with Crippen molar-refractivity contribution < 1.29 is 14.3 Å². The van der Waals surface area contributed by atoms with E-state index in [1.165, 1.54) is 0 Å². The van der Waals surface area contributed by atoms with E-state index in [2.05, 4.69) is 10.6 Å². The average Bonchev–Trinajstić information content (AvgIpc) is 2.59. The molecular formula is C18H20N2O3. The van der Waals surface area contributed by atoms with Crippen LogP contribution in [0.25, 0.3) is 0 Å². The van der Waals surface area contributed by atoms with Crippen molar-refractivity contribution in [2.75, 3.05) is 13.7 Å². The minimum absolute atomic E-state index is 0.0284. The summed E-state index contributed by atoms with van der Waals surface area (Å²) in [7, 11) is 1.59. The van der Waals surface area contributed by atoms with Crippen LogP contribution in [0.5, 0.6) is 5.75 Å². The summed E-state index contributed by atoms with van der Waals surface area (Å²) < 4.78 is 5.41. The van der Waals surface area contributed by atoms with Gasteiger partial charge in [0.15, 0.2) is 6.61 Å². The highest BCUT2D eigenvalue weighted by molar-refractivity contribution is 5.93. The SMILES string of the molecule is CNC(=O)c1ccc(CNC(=O)COc2ccc(C)cc2)cc1. The molecule has 0 bridgehead atoms. The summed E-state index contributed by atoms with van der Waals surface area (Å²) in [5.41, 5.74) is 2.65. The maximum atomic E-state index is 11.8. The number of aryl methyl sites for hydroxylation is 1. The fraction of sp³-hybridized carbons (Fsp3) is 0.222. The van der Waals surface area contributed by atoms with E-state index in [-0.39, 0.29) is 18.4 Å². The summed E-state index contributed by atoms with van der Waals surface area (Å²) >= 11 is 0. The summed E-state index contributed by atoms with van der Waals surface area (Å²) in [6.07, 6.45) is 0. The van der Waals surface area contributed by atoms with E-state index >= 15 is 0 Å². The third kappa shape index (κ3) is 5.14. The zero-order chi connectivity index (χ0) is 16.7. The molecule has 2 rings (SSSR count). The Hall–Kier alpha value is -2.82. The van der Waals surface area contributed by atoms with Gasteiger partial charge < -0.3 is 15.4 Å². The quantitative estimate of drug-likeness (QED) is 0.858. The van der Waals surface area contributed by atoms with Crippen LogP contribution < -0.4 is 15.4 Å². The predicted molar refractivity (Wildman–Crippen MR) is 88.4 cm³/mol. The van der Waals surface area contributed by atoms with E-state index in [0.717, 1.165) is 11.1 Å². The first-order valence-electron chi connectivity index (χ1n) is 7.35. The van der Waals surface area contributed by atoms with E-state index in [9.17, 15) is 9.59 Å². The zero-order valence-electron chi connectivity index (χ0n) is 13.3. The molecule has 0 aromatic heterocycles. The van der Waals surface area contributed by atoms with Crippen molar-refractivity contribution in [3.63, 3.8) is 0 Å². The van der Waals surface area contributed by atoms with Crippen LogP contribution in [0.2, 0.25) is 0 Å². The van der Waals surface area contributed by atoms with Gasteiger partial charge in [0.2, 0.25) is 0 Å². The molecule has 0 unspecified atom stereocenters. The van der Waals surface area contributed by atoms with Crippen LogP contribution >= 0.6 is 0 Å². The van der Waals surface area contributed by atoms with E-state index < -0.39 is 0 Å². The van der Waals surface area contributed by atoms with Crippen molar-refractivity contribution in [2.45, 2.75) is 13.5 Å². The van der Waals surface area contributed by atoms with Crippen LogP contribution in [-0.4, -0.2) is 25.5 Å². The summed E-state index contributed by atoms with van der Waals surface area (Å²) in [5.74, 6) is 0.341. The molecule has 0 aliphatic heterocycles. The van der Waals surface area contributed by atoms with Crippen LogP contribution in [0.3, 0.4) is 0 Å². The molecule has 0 radical (unpaired) electrons. The second-order valence-electron chi connectivity index (χ2n) is 5.15. The number of benzene rings is 2. The lowest BCUT2D eigenvalue weighted by Gasteiger charge is -2.08. The van der Waals surface area contributed by atoms with Crippen molar-refractivity contribution in [1.29, 1.82) is 0 Å². The number of ether oxygens (including phenoxy) is 1. The van der Waals surface area contributed by atoms with Gasteiger partial charge in [0.05, 0.1) is 0 Å². The highest BCUT2D eigenvalue weighted by atomic mass is 16.5. The van der Waals surface area contributed by atoms with Crippen molar-refractivity contribution in [1.82, 2.24) is 10.6 Å². The standard InChI is InChI=1S/C18H20N2O3/c1-13-3-9-16(10-4-13)23-12-17(21)20-11-14-5-7-15(8-6-14)18(22)19-2/h3-10H,11-12H2,1-2H3,(H,19,22)(H,20,21). The molecule has 0 aliphatic rings. The van der Waals surface area contributed by atoms with Gasteiger partial charge in [-0.2, -0.15) is 0 Å². The average molecular weight is 312 g/mol. The molecule has 2 aromatic rings. The van der Waals surface area contributed by atoms with Gasteiger partial charge in [0, 0.05) is 19.2 Å². The lowest BCUT2D eigenvalue weighted by atomic mass is 10.1. The van der Waals surface area contributed by atoms with Crippen LogP contribution in [-0.2, 0) is 11.3 Å². The summed E-state index contributed by atoms with van der Waals surface area (Å²) in [6, 6.07) is 14.6. The van der Waals surface area contributed by atoms with Crippen LogP contribution in [0.4, 0.5) is 0 Å². The Morgan fingerprint density at radius 2 is 1.65 bits per heavy atom. The second-order valence-corrected chi connectivity index (χ2v) is 5.15. The largest absolute Gasteiger partial charge is 0.484 e.